The fourth-order valence-electron chi connectivity index (χ4n) is 3.76. The SMILES string of the molecule is N#Cc1ccc(Nc2nc(C3CCCCN3Cc3cccc(B(O)O)c3)cs2)cn1. The highest BCUT2D eigenvalue weighted by atomic mass is 32.1. The highest BCUT2D eigenvalue weighted by Crippen LogP contribution is 2.34. The Hall–Kier alpha value is -2.77. The van der Waals surface area contributed by atoms with E-state index in [2.05, 4.69) is 20.6 Å². The Labute approximate surface area is 179 Å². The van der Waals surface area contributed by atoms with Crippen LogP contribution in [0.5, 0.6) is 0 Å². The van der Waals surface area contributed by atoms with Crippen LogP contribution in [0.3, 0.4) is 0 Å². The van der Waals surface area contributed by atoms with Crippen LogP contribution in [0.1, 0.15) is 42.3 Å². The van der Waals surface area contributed by atoms with E-state index in [9.17, 15) is 10.0 Å². The molecule has 0 bridgehead atoms. The Bertz CT molecular complexity index is 1030. The average molecular weight is 419 g/mol. The zero-order chi connectivity index (χ0) is 20.9. The van der Waals surface area contributed by atoms with Crippen molar-refractivity contribution in [3.8, 4) is 6.07 Å². The third kappa shape index (κ3) is 4.86. The molecule has 1 saturated heterocycles. The molecule has 0 spiro atoms. The van der Waals surface area contributed by atoms with E-state index in [1.165, 1.54) is 0 Å². The Morgan fingerprint density at radius 3 is 2.93 bits per heavy atom. The van der Waals surface area contributed by atoms with E-state index in [1.54, 1.807) is 29.7 Å². The Morgan fingerprint density at radius 1 is 1.27 bits per heavy atom. The highest BCUT2D eigenvalue weighted by Gasteiger charge is 2.26. The number of thiazole rings is 1. The molecule has 3 heterocycles. The van der Waals surface area contributed by atoms with E-state index in [0.717, 1.165) is 54.4 Å². The molecular weight excluding hydrogens is 397 g/mol. The third-order valence-electron chi connectivity index (χ3n) is 5.24. The number of nitrogens with zero attached hydrogens (tertiary/aromatic N) is 4. The molecule has 0 saturated carbocycles. The maximum Gasteiger partial charge on any atom is 0.488 e. The average Bonchev–Trinajstić information content (AvgIpc) is 3.23. The number of piperidine rings is 1. The summed E-state index contributed by atoms with van der Waals surface area (Å²) in [6, 6.07) is 13.2. The molecule has 2 aromatic heterocycles. The molecule has 1 aliphatic heterocycles. The number of likely N-dealkylation sites (tertiary alicyclic amines) is 1. The summed E-state index contributed by atoms with van der Waals surface area (Å²) in [5.41, 5.74) is 3.80. The van der Waals surface area contributed by atoms with Gasteiger partial charge in [-0.2, -0.15) is 5.26 Å². The number of benzene rings is 1. The van der Waals surface area contributed by atoms with E-state index in [1.807, 2.05) is 30.3 Å². The largest absolute Gasteiger partial charge is 0.488 e. The van der Waals surface area contributed by atoms with Crippen molar-refractivity contribution in [3.05, 3.63) is 64.9 Å². The molecule has 1 aliphatic rings. The van der Waals surface area contributed by atoms with Crippen molar-refractivity contribution in [2.24, 2.45) is 0 Å². The van der Waals surface area contributed by atoms with Crippen molar-refractivity contribution >= 4 is 34.7 Å². The van der Waals surface area contributed by atoms with E-state index in [4.69, 9.17) is 10.2 Å². The molecule has 0 aliphatic carbocycles. The van der Waals surface area contributed by atoms with Crippen LogP contribution >= 0.6 is 11.3 Å². The molecular formula is C21H22BN5O2S. The molecule has 1 atom stereocenters. The monoisotopic (exact) mass is 419 g/mol. The minimum atomic E-state index is -1.45. The van der Waals surface area contributed by atoms with Gasteiger partial charge < -0.3 is 15.4 Å². The second kappa shape index (κ2) is 9.37. The van der Waals surface area contributed by atoms with Crippen LogP contribution < -0.4 is 10.8 Å². The van der Waals surface area contributed by atoms with Crippen LogP contribution in [0.25, 0.3) is 0 Å². The molecule has 4 rings (SSSR count). The smallest absolute Gasteiger partial charge is 0.423 e. The summed E-state index contributed by atoms with van der Waals surface area (Å²) in [6.45, 7) is 1.72. The van der Waals surface area contributed by atoms with Crippen LogP contribution in [0.15, 0.2) is 48.0 Å². The first kappa shape index (κ1) is 20.5. The van der Waals surface area contributed by atoms with Crippen molar-refractivity contribution in [1.29, 1.82) is 5.26 Å². The van der Waals surface area contributed by atoms with E-state index in [-0.39, 0.29) is 6.04 Å². The van der Waals surface area contributed by atoms with Gasteiger partial charge in [0.05, 0.1) is 23.6 Å². The second-order valence-electron chi connectivity index (χ2n) is 7.35. The van der Waals surface area contributed by atoms with Gasteiger partial charge in [0.25, 0.3) is 0 Å². The van der Waals surface area contributed by atoms with Crippen molar-refractivity contribution in [2.45, 2.75) is 31.8 Å². The first-order valence-electron chi connectivity index (χ1n) is 9.90. The van der Waals surface area contributed by atoms with Gasteiger partial charge in [-0.1, -0.05) is 30.7 Å². The second-order valence-corrected chi connectivity index (χ2v) is 8.21. The lowest BCUT2D eigenvalue weighted by atomic mass is 9.79. The number of aromatic nitrogens is 2. The first-order valence-corrected chi connectivity index (χ1v) is 10.8. The first-order chi connectivity index (χ1) is 14.6. The summed E-state index contributed by atoms with van der Waals surface area (Å²) in [6.07, 6.45) is 4.99. The molecule has 1 unspecified atom stereocenters. The van der Waals surface area contributed by atoms with Gasteiger partial charge in [-0.3, -0.25) is 4.90 Å². The van der Waals surface area contributed by atoms with E-state index < -0.39 is 7.12 Å². The summed E-state index contributed by atoms with van der Waals surface area (Å²) in [5, 5.41) is 33.9. The van der Waals surface area contributed by atoms with Crippen LogP contribution in [0.2, 0.25) is 0 Å². The zero-order valence-corrected chi connectivity index (χ0v) is 17.2. The summed E-state index contributed by atoms with van der Waals surface area (Å²) in [4.78, 5) is 11.3. The molecule has 3 aromatic rings. The van der Waals surface area contributed by atoms with Gasteiger partial charge in [0.2, 0.25) is 0 Å². The fourth-order valence-corrected chi connectivity index (χ4v) is 4.53. The Balaban J connectivity index is 1.47. The highest BCUT2D eigenvalue weighted by molar-refractivity contribution is 7.13. The molecule has 1 fully saturated rings. The van der Waals surface area contributed by atoms with Crippen molar-refractivity contribution < 1.29 is 10.0 Å². The predicted octanol–water partition coefficient (Wildman–Crippen LogP) is 2.56. The fraction of sp³-hybridized carbons (Fsp3) is 0.286. The lowest BCUT2D eigenvalue weighted by molar-refractivity contribution is 0.138. The maximum atomic E-state index is 9.44. The topological polar surface area (TPSA) is 105 Å². The molecule has 30 heavy (non-hydrogen) atoms. The number of rotatable bonds is 6. The van der Waals surface area contributed by atoms with E-state index in [0.29, 0.717) is 11.2 Å². The van der Waals surface area contributed by atoms with Crippen molar-refractivity contribution in [1.82, 2.24) is 14.9 Å². The number of nitrogens with one attached hydrogen (secondary N) is 1. The molecule has 152 valence electrons. The van der Waals surface area contributed by atoms with Crippen molar-refractivity contribution in [2.75, 3.05) is 11.9 Å². The number of nitriles is 1. The van der Waals surface area contributed by atoms with Gasteiger partial charge in [0.15, 0.2) is 5.13 Å². The Kier molecular flexibility index (Phi) is 6.40. The van der Waals surface area contributed by atoms with Gasteiger partial charge in [-0.05, 0) is 42.5 Å². The molecule has 0 radical (unpaired) electrons. The zero-order valence-electron chi connectivity index (χ0n) is 16.4. The van der Waals surface area contributed by atoms with Crippen molar-refractivity contribution in [3.63, 3.8) is 0 Å². The number of hydrogen-bond acceptors (Lipinski definition) is 8. The number of anilines is 2. The summed E-state index contributed by atoms with van der Waals surface area (Å²) in [5.74, 6) is 0. The Morgan fingerprint density at radius 2 is 2.17 bits per heavy atom. The van der Waals surface area contributed by atoms with Gasteiger partial charge in [-0.25, -0.2) is 9.97 Å². The van der Waals surface area contributed by atoms with Crippen LogP contribution in [-0.2, 0) is 6.54 Å². The minimum Gasteiger partial charge on any atom is -0.423 e. The molecule has 3 N–H and O–H groups in total. The number of hydrogen-bond donors (Lipinski definition) is 3. The molecule has 7 nitrogen and oxygen atoms in total. The van der Waals surface area contributed by atoms with Gasteiger partial charge in [0, 0.05) is 11.9 Å². The summed E-state index contributed by atoms with van der Waals surface area (Å²) < 4.78 is 0. The van der Waals surface area contributed by atoms with Crippen LogP contribution in [0, 0.1) is 11.3 Å². The maximum absolute atomic E-state index is 9.44. The molecule has 0 amide bonds. The summed E-state index contributed by atoms with van der Waals surface area (Å²) >= 11 is 1.55. The summed E-state index contributed by atoms with van der Waals surface area (Å²) in [7, 11) is -1.45. The van der Waals surface area contributed by atoms with Crippen LogP contribution in [-0.4, -0.2) is 38.6 Å². The quantitative estimate of drug-likeness (QED) is 0.528. The number of pyridine rings is 1. The predicted molar refractivity (Wildman–Crippen MR) is 118 cm³/mol. The van der Waals surface area contributed by atoms with E-state index >= 15 is 0 Å². The third-order valence-corrected chi connectivity index (χ3v) is 6.02. The molecule has 9 heteroatoms. The van der Waals surface area contributed by atoms with Gasteiger partial charge in [0.1, 0.15) is 11.8 Å². The van der Waals surface area contributed by atoms with Gasteiger partial charge >= 0.3 is 7.12 Å². The standard InChI is InChI=1S/C21H22BN5O2S/c23-11-17-7-8-18(12-24-17)25-21-26-19(14-30-21)20-6-1-2-9-27(20)13-15-4-3-5-16(10-15)22(28)29/h3-5,7-8,10,12,14,20,28-29H,1-2,6,9,13H2,(H,25,26). The lowest BCUT2D eigenvalue weighted by Gasteiger charge is -2.34. The van der Waals surface area contributed by atoms with Gasteiger partial charge in [-0.15, -0.1) is 11.3 Å². The molecule has 1 aromatic carbocycles. The lowest BCUT2D eigenvalue weighted by Crippen LogP contribution is -2.34. The normalized spacial score (nSPS) is 16.8. The van der Waals surface area contributed by atoms with Crippen LogP contribution in [0.4, 0.5) is 10.8 Å². The minimum absolute atomic E-state index is 0.229.